The van der Waals surface area contributed by atoms with Crippen molar-refractivity contribution in [3.8, 4) is 5.75 Å². The maximum absolute atomic E-state index is 12.1. The van der Waals surface area contributed by atoms with Gasteiger partial charge in [-0.25, -0.2) is 13.1 Å². The lowest BCUT2D eigenvalue weighted by Crippen LogP contribution is -2.47. The van der Waals surface area contributed by atoms with Gasteiger partial charge in [-0.3, -0.25) is 0 Å². The van der Waals surface area contributed by atoms with Crippen LogP contribution >= 0.6 is 0 Å². The van der Waals surface area contributed by atoms with Crippen LogP contribution in [0.25, 0.3) is 0 Å². The molecule has 0 bridgehead atoms. The highest BCUT2D eigenvalue weighted by Crippen LogP contribution is 2.31. The van der Waals surface area contributed by atoms with Crippen LogP contribution in [0.3, 0.4) is 0 Å². The molecule has 5 nitrogen and oxygen atoms in total. The molecule has 0 atom stereocenters. The zero-order valence-electron chi connectivity index (χ0n) is 11.1. The molecule has 0 spiro atoms. The number of rotatable bonds is 5. The molecule has 0 aliphatic heterocycles. The second-order valence-corrected chi connectivity index (χ2v) is 6.80. The van der Waals surface area contributed by atoms with E-state index in [1.807, 2.05) is 0 Å². The van der Waals surface area contributed by atoms with Crippen molar-refractivity contribution in [2.45, 2.75) is 36.7 Å². The van der Waals surface area contributed by atoms with Gasteiger partial charge in [-0.1, -0.05) is 0 Å². The molecule has 2 rings (SSSR count). The van der Waals surface area contributed by atoms with E-state index in [-0.39, 0.29) is 11.4 Å². The third-order valence-corrected chi connectivity index (χ3v) is 4.95. The molecule has 6 heteroatoms. The van der Waals surface area contributed by atoms with Crippen molar-refractivity contribution in [3.05, 3.63) is 23.8 Å². The SMILES string of the molecule is COc1ccc(S(=O)(=O)NCC2(O)CCC2)cc1C. The molecule has 0 saturated heterocycles. The quantitative estimate of drug-likeness (QED) is 0.852. The van der Waals surface area contributed by atoms with Gasteiger partial charge >= 0.3 is 0 Å². The molecule has 0 radical (unpaired) electrons. The molecular weight excluding hydrogens is 266 g/mol. The number of nitrogens with one attached hydrogen (secondary N) is 1. The smallest absolute Gasteiger partial charge is 0.240 e. The van der Waals surface area contributed by atoms with E-state index in [4.69, 9.17) is 4.74 Å². The largest absolute Gasteiger partial charge is 0.496 e. The van der Waals surface area contributed by atoms with Crippen LogP contribution in [0.4, 0.5) is 0 Å². The topological polar surface area (TPSA) is 75.6 Å². The number of ether oxygens (including phenoxy) is 1. The molecule has 0 unspecified atom stereocenters. The third-order valence-electron chi connectivity index (χ3n) is 3.55. The summed E-state index contributed by atoms with van der Waals surface area (Å²) >= 11 is 0. The van der Waals surface area contributed by atoms with Crippen LogP contribution in [0.1, 0.15) is 24.8 Å². The number of sulfonamides is 1. The molecule has 19 heavy (non-hydrogen) atoms. The van der Waals surface area contributed by atoms with Crippen molar-refractivity contribution in [1.29, 1.82) is 0 Å². The van der Waals surface area contributed by atoms with E-state index in [1.54, 1.807) is 26.2 Å². The number of methoxy groups -OCH3 is 1. The highest BCUT2D eigenvalue weighted by atomic mass is 32.2. The van der Waals surface area contributed by atoms with E-state index in [9.17, 15) is 13.5 Å². The summed E-state index contributed by atoms with van der Waals surface area (Å²) in [7, 11) is -2.04. The van der Waals surface area contributed by atoms with Gasteiger partial charge in [0.15, 0.2) is 0 Å². The minimum absolute atomic E-state index is 0.0699. The van der Waals surface area contributed by atoms with E-state index in [2.05, 4.69) is 4.72 Å². The molecule has 1 aromatic rings. The third kappa shape index (κ3) is 3.08. The van der Waals surface area contributed by atoms with Crippen molar-refractivity contribution in [2.24, 2.45) is 0 Å². The van der Waals surface area contributed by atoms with E-state index in [0.717, 1.165) is 12.0 Å². The number of hydrogen-bond acceptors (Lipinski definition) is 4. The van der Waals surface area contributed by atoms with E-state index < -0.39 is 15.6 Å². The molecule has 106 valence electrons. The average molecular weight is 285 g/mol. The van der Waals surface area contributed by atoms with E-state index >= 15 is 0 Å². The summed E-state index contributed by atoms with van der Waals surface area (Å²) < 4.78 is 31.8. The lowest BCUT2D eigenvalue weighted by atomic mass is 9.81. The first-order chi connectivity index (χ1) is 8.86. The molecule has 1 saturated carbocycles. The first kappa shape index (κ1) is 14.3. The highest BCUT2D eigenvalue weighted by Gasteiger charge is 2.35. The standard InChI is InChI=1S/C13H19NO4S/c1-10-8-11(4-5-12(10)18-2)19(16,17)14-9-13(15)6-3-7-13/h4-5,8,14-15H,3,6-7,9H2,1-2H3. The van der Waals surface area contributed by atoms with Gasteiger partial charge in [-0.2, -0.15) is 0 Å². The second-order valence-electron chi connectivity index (χ2n) is 5.03. The van der Waals surface area contributed by atoms with Gasteiger partial charge in [0, 0.05) is 6.54 Å². The second kappa shape index (κ2) is 5.11. The Labute approximate surface area is 113 Å². The van der Waals surface area contributed by atoms with Gasteiger partial charge in [-0.15, -0.1) is 0 Å². The van der Waals surface area contributed by atoms with E-state index in [0.29, 0.717) is 18.6 Å². The maximum Gasteiger partial charge on any atom is 0.240 e. The maximum atomic E-state index is 12.1. The van der Waals surface area contributed by atoms with Crippen LogP contribution in [0.2, 0.25) is 0 Å². The van der Waals surface area contributed by atoms with Crippen molar-refractivity contribution >= 4 is 10.0 Å². The van der Waals surface area contributed by atoms with Gasteiger partial charge in [0.2, 0.25) is 10.0 Å². The monoisotopic (exact) mass is 285 g/mol. The van der Waals surface area contributed by atoms with Crippen molar-refractivity contribution in [3.63, 3.8) is 0 Å². The first-order valence-corrected chi connectivity index (χ1v) is 7.71. The fraction of sp³-hybridized carbons (Fsp3) is 0.538. The number of aryl methyl sites for hydroxylation is 1. The summed E-state index contributed by atoms with van der Waals surface area (Å²) in [5.74, 6) is 0.650. The summed E-state index contributed by atoms with van der Waals surface area (Å²) in [6.45, 7) is 1.86. The summed E-state index contributed by atoms with van der Waals surface area (Å²) in [6.07, 6.45) is 2.24. The van der Waals surface area contributed by atoms with E-state index in [1.165, 1.54) is 6.07 Å². The van der Waals surface area contributed by atoms with Crippen molar-refractivity contribution in [2.75, 3.05) is 13.7 Å². The Morgan fingerprint density at radius 1 is 1.42 bits per heavy atom. The Hall–Kier alpha value is -1.11. The summed E-state index contributed by atoms with van der Waals surface area (Å²) in [5.41, 5.74) is -0.109. The summed E-state index contributed by atoms with van der Waals surface area (Å²) in [4.78, 5) is 0.189. The average Bonchev–Trinajstić information content (AvgIpc) is 2.34. The highest BCUT2D eigenvalue weighted by molar-refractivity contribution is 7.89. The molecule has 1 fully saturated rings. The Balaban J connectivity index is 2.12. The minimum Gasteiger partial charge on any atom is -0.496 e. The molecule has 0 heterocycles. The van der Waals surface area contributed by atoms with Gasteiger partial charge in [0.1, 0.15) is 5.75 Å². The van der Waals surface area contributed by atoms with Crippen LogP contribution in [0.5, 0.6) is 5.75 Å². The van der Waals surface area contributed by atoms with Crippen molar-refractivity contribution in [1.82, 2.24) is 4.72 Å². The fourth-order valence-corrected chi connectivity index (χ4v) is 3.30. The molecule has 1 aromatic carbocycles. The number of hydrogen-bond donors (Lipinski definition) is 2. The van der Waals surface area contributed by atoms with Crippen molar-refractivity contribution < 1.29 is 18.3 Å². The lowest BCUT2D eigenvalue weighted by molar-refractivity contribution is -0.0270. The van der Waals surface area contributed by atoms with Gasteiger partial charge in [-0.05, 0) is 49.9 Å². The molecule has 0 amide bonds. The number of benzene rings is 1. The fourth-order valence-electron chi connectivity index (χ4n) is 2.09. The molecule has 0 aromatic heterocycles. The predicted octanol–water partition coefficient (Wildman–Crippen LogP) is 1.20. The van der Waals surface area contributed by atoms with Gasteiger partial charge in [0.25, 0.3) is 0 Å². The van der Waals surface area contributed by atoms with Crippen LogP contribution in [0, 0.1) is 6.92 Å². The molecule has 1 aliphatic carbocycles. The summed E-state index contributed by atoms with van der Waals surface area (Å²) in [5, 5.41) is 9.91. The Morgan fingerprint density at radius 2 is 2.11 bits per heavy atom. The first-order valence-electron chi connectivity index (χ1n) is 6.23. The number of aliphatic hydroxyl groups is 1. The van der Waals surface area contributed by atoms with Crippen LogP contribution in [-0.4, -0.2) is 32.8 Å². The normalized spacial score (nSPS) is 17.8. The summed E-state index contributed by atoms with van der Waals surface area (Å²) in [6, 6.07) is 4.69. The molecule has 1 aliphatic rings. The van der Waals surface area contributed by atoms with Gasteiger partial charge in [0.05, 0.1) is 17.6 Å². The zero-order valence-corrected chi connectivity index (χ0v) is 12.0. The zero-order chi connectivity index (χ0) is 14.1. The lowest BCUT2D eigenvalue weighted by Gasteiger charge is -2.36. The molecular formula is C13H19NO4S. The van der Waals surface area contributed by atoms with Gasteiger partial charge < -0.3 is 9.84 Å². The minimum atomic E-state index is -3.58. The Morgan fingerprint density at radius 3 is 2.58 bits per heavy atom. The predicted molar refractivity (Wildman–Crippen MR) is 71.7 cm³/mol. The Bertz CT molecular complexity index is 564. The Kier molecular flexibility index (Phi) is 3.85. The molecule has 2 N–H and O–H groups in total. The van der Waals surface area contributed by atoms with Crippen LogP contribution in [0.15, 0.2) is 23.1 Å². The van der Waals surface area contributed by atoms with Crippen LogP contribution < -0.4 is 9.46 Å². The van der Waals surface area contributed by atoms with Crippen LogP contribution in [-0.2, 0) is 10.0 Å².